The van der Waals surface area contributed by atoms with Gasteiger partial charge in [0, 0.05) is 13.5 Å². The standard InChI is InChI=1S/C23H20N2O4/c1-24(15-17-10-7-13-29-17)23(28)20(14-16-8-3-2-4-9-16)25-21(26)18-11-5-6-12-19(18)22(25)27/h2-13,20H,14-15H2,1H3/t20-/m0/s1. The number of hydrogen-bond acceptors (Lipinski definition) is 4. The summed E-state index contributed by atoms with van der Waals surface area (Å²) < 4.78 is 5.33. The molecule has 2 aromatic carbocycles. The Bertz CT molecular complexity index is 1010. The van der Waals surface area contributed by atoms with Gasteiger partial charge in [-0.2, -0.15) is 0 Å². The Kier molecular flexibility index (Phi) is 4.99. The predicted octanol–water partition coefficient (Wildman–Crippen LogP) is 3.15. The van der Waals surface area contributed by atoms with Crippen molar-refractivity contribution in [1.82, 2.24) is 9.80 Å². The Morgan fingerprint density at radius 2 is 1.55 bits per heavy atom. The smallest absolute Gasteiger partial charge is 0.262 e. The van der Waals surface area contributed by atoms with Crippen molar-refractivity contribution in [3.8, 4) is 0 Å². The maximum Gasteiger partial charge on any atom is 0.262 e. The summed E-state index contributed by atoms with van der Waals surface area (Å²) in [4.78, 5) is 41.9. The number of imide groups is 1. The van der Waals surface area contributed by atoms with Crippen molar-refractivity contribution in [2.24, 2.45) is 0 Å². The molecular formula is C23H20N2O4. The molecule has 1 aliphatic rings. The molecule has 6 heteroatoms. The highest BCUT2D eigenvalue weighted by Gasteiger charge is 2.43. The zero-order chi connectivity index (χ0) is 20.4. The van der Waals surface area contributed by atoms with Crippen LogP contribution in [0.2, 0.25) is 0 Å². The third-order valence-electron chi connectivity index (χ3n) is 5.04. The third kappa shape index (κ3) is 3.57. The van der Waals surface area contributed by atoms with Crippen molar-refractivity contribution in [3.63, 3.8) is 0 Å². The van der Waals surface area contributed by atoms with Crippen molar-refractivity contribution in [2.45, 2.75) is 19.0 Å². The zero-order valence-electron chi connectivity index (χ0n) is 15.9. The number of hydrogen-bond donors (Lipinski definition) is 0. The van der Waals surface area contributed by atoms with Crippen molar-refractivity contribution >= 4 is 17.7 Å². The number of rotatable bonds is 6. The molecule has 0 saturated carbocycles. The molecule has 29 heavy (non-hydrogen) atoms. The maximum absolute atomic E-state index is 13.3. The number of nitrogens with zero attached hydrogens (tertiary/aromatic N) is 2. The second-order valence-electron chi connectivity index (χ2n) is 7.01. The van der Waals surface area contributed by atoms with Crippen molar-refractivity contribution in [2.75, 3.05) is 7.05 Å². The van der Waals surface area contributed by atoms with Gasteiger partial charge in [0.1, 0.15) is 11.8 Å². The number of furan rings is 1. The van der Waals surface area contributed by atoms with Gasteiger partial charge in [0.2, 0.25) is 5.91 Å². The topological polar surface area (TPSA) is 70.8 Å². The Balaban J connectivity index is 1.66. The van der Waals surface area contributed by atoms with E-state index in [1.807, 2.05) is 30.3 Å². The van der Waals surface area contributed by atoms with E-state index >= 15 is 0 Å². The van der Waals surface area contributed by atoms with Crippen LogP contribution in [-0.4, -0.2) is 40.6 Å². The van der Waals surface area contributed by atoms with Gasteiger partial charge in [0.25, 0.3) is 11.8 Å². The van der Waals surface area contributed by atoms with Crippen LogP contribution >= 0.6 is 0 Å². The van der Waals surface area contributed by atoms with E-state index < -0.39 is 17.9 Å². The molecule has 0 spiro atoms. The molecule has 146 valence electrons. The number of amides is 3. The molecule has 4 rings (SSSR count). The number of carbonyl (C=O) groups excluding carboxylic acids is 3. The van der Waals surface area contributed by atoms with Crippen LogP contribution < -0.4 is 0 Å². The number of benzene rings is 2. The van der Waals surface area contributed by atoms with Gasteiger partial charge in [-0.1, -0.05) is 42.5 Å². The van der Waals surface area contributed by atoms with Crippen LogP contribution in [0.4, 0.5) is 0 Å². The van der Waals surface area contributed by atoms with Crippen LogP contribution in [0.3, 0.4) is 0 Å². The third-order valence-corrected chi connectivity index (χ3v) is 5.04. The molecule has 1 aromatic heterocycles. The Labute approximate surface area is 168 Å². The highest BCUT2D eigenvalue weighted by molar-refractivity contribution is 6.22. The quantitative estimate of drug-likeness (QED) is 0.608. The normalized spacial score (nSPS) is 14.0. The van der Waals surface area contributed by atoms with Gasteiger partial charge in [0.15, 0.2) is 0 Å². The highest BCUT2D eigenvalue weighted by Crippen LogP contribution is 2.27. The van der Waals surface area contributed by atoms with Crippen molar-refractivity contribution in [3.05, 3.63) is 95.4 Å². The first-order valence-corrected chi connectivity index (χ1v) is 9.34. The summed E-state index contributed by atoms with van der Waals surface area (Å²) in [5.41, 5.74) is 1.53. The van der Waals surface area contributed by atoms with Crippen LogP contribution in [0, 0.1) is 0 Å². The molecule has 0 aliphatic carbocycles. The van der Waals surface area contributed by atoms with Gasteiger partial charge in [-0.25, -0.2) is 0 Å². The van der Waals surface area contributed by atoms with Gasteiger partial charge >= 0.3 is 0 Å². The largest absolute Gasteiger partial charge is 0.467 e. The lowest BCUT2D eigenvalue weighted by Gasteiger charge is -2.29. The summed E-state index contributed by atoms with van der Waals surface area (Å²) in [6.07, 6.45) is 1.78. The minimum absolute atomic E-state index is 0.244. The summed E-state index contributed by atoms with van der Waals surface area (Å²) in [6, 6.07) is 18.6. The SMILES string of the molecule is CN(Cc1ccco1)C(=O)[C@H](Cc1ccccc1)N1C(=O)c2ccccc2C1=O. The lowest BCUT2D eigenvalue weighted by atomic mass is 10.0. The van der Waals surface area contributed by atoms with Crippen molar-refractivity contribution < 1.29 is 18.8 Å². The molecule has 3 amide bonds. The van der Waals surface area contributed by atoms with Crippen LogP contribution in [0.5, 0.6) is 0 Å². The molecule has 0 fully saturated rings. The second kappa shape index (κ2) is 7.75. The van der Waals surface area contributed by atoms with Gasteiger partial charge in [0.05, 0.1) is 23.9 Å². The molecular weight excluding hydrogens is 368 g/mol. The Morgan fingerprint density at radius 3 is 2.14 bits per heavy atom. The van der Waals surface area contributed by atoms with Gasteiger partial charge < -0.3 is 9.32 Å². The summed E-state index contributed by atoms with van der Waals surface area (Å²) >= 11 is 0. The molecule has 0 bridgehead atoms. The van der Waals surface area contributed by atoms with E-state index in [2.05, 4.69) is 0 Å². The molecule has 0 unspecified atom stereocenters. The lowest BCUT2D eigenvalue weighted by Crippen LogP contribution is -2.51. The number of fused-ring (bicyclic) bond motifs is 1. The van der Waals surface area contributed by atoms with Crippen LogP contribution in [0.1, 0.15) is 32.0 Å². The summed E-state index contributed by atoms with van der Waals surface area (Å²) in [5.74, 6) is -0.570. The van der Waals surface area contributed by atoms with E-state index in [1.54, 1.807) is 49.7 Å². The fourth-order valence-corrected chi connectivity index (χ4v) is 3.59. The minimum atomic E-state index is -0.940. The fourth-order valence-electron chi connectivity index (χ4n) is 3.59. The molecule has 0 radical (unpaired) electrons. The summed E-state index contributed by atoms with van der Waals surface area (Å²) in [7, 11) is 1.64. The molecule has 3 aromatic rings. The first-order valence-electron chi connectivity index (χ1n) is 9.34. The van der Waals surface area contributed by atoms with Gasteiger partial charge in [-0.3, -0.25) is 19.3 Å². The molecule has 1 aliphatic heterocycles. The molecule has 1 atom stereocenters. The Hall–Kier alpha value is -3.67. The van der Waals surface area contributed by atoms with Crippen molar-refractivity contribution in [1.29, 1.82) is 0 Å². The van der Waals surface area contributed by atoms with Crippen LogP contribution in [0.25, 0.3) is 0 Å². The summed E-state index contributed by atoms with van der Waals surface area (Å²) in [5, 5.41) is 0. The van der Waals surface area contributed by atoms with E-state index in [0.29, 0.717) is 16.9 Å². The zero-order valence-corrected chi connectivity index (χ0v) is 15.9. The van der Waals surface area contributed by atoms with Crippen LogP contribution in [0.15, 0.2) is 77.4 Å². The average Bonchev–Trinajstić information content (AvgIpc) is 3.34. The van der Waals surface area contributed by atoms with E-state index in [9.17, 15) is 14.4 Å². The molecule has 0 N–H and O–H groups in total. The highest BCUT2D eigenvalue weighted by atomic mass is 16.3. The maximum atomic E-state index is 13.3. The van der Waals surface area contributed by atoms with E-state index in [0.717, 1.165) is 10.5 Å². The van der Waals surface area contributed by atoms with E-state index in [-0.39, 0.29) is 18.9 Å². The first kappa shape index (κ1) is 18.7. The monoisotopic (exact) mass is 388 g/mol. The second-order valence-corrected chi connectivity index (χ2v) is 7.01. The van der Waals surface area contributed by atoms with Gasteiger partial charge in [-0.15, -0.1) is 0 Å². The number of likely N-dealkylation sites (N-methyl/N-ethyl adjacent to an activating group) is 1. The number of carbonyl (C=O) groups is 3. The molecule has 0 saturated heterocycles. The predicted molar refractivity (Wildman–Crippen MR) is 106 cm³/mol. The fraction of sp³-hybridized carbons (Fsp3) is 0.174. The first-order chi connectivity index (χ1) is 14.1. The molecule has 2 heterocycles. The minimum Gasteiger partial charge on any atom is -0.467 e. The van der Waals surface area contributed by atoms with Gasteiger partial charge in [-0.05, 0) is 29.8 Å². The van der Waals surface area contributed by atoms with E-state index in [1.165, 1.54) is 4.90 Å². The summed E-state index contributed by atoms with van der Waals surface area (Å²) in [6.45, 7) is 0.250. The average molecular weight is 388 g/mol. The lowest BCUT2D eigenvalue weighted by molar-refractivity contribution is -0.134. The molecule has 6 nitrogen and oxygen atoms in total. The van der Waals surface area contributed by atoms with E-state index in [4.69, 9.17) is 4.42 Å². The Morgan fingerprint density at radius 1 is 0.931 bits per heavy atom. The van der Waals surface area contributed by atoms with Crippen LogP contribution in [-0.2, 0) is 17.8 Å².